The van der Waals surface area contributed by atoms with Crippen LogP contribution < -0.4 is 5.56 Å². The minimum absolute atomic E-state index is 0.231. The van der Waals surface area contributed by atoms with Gasteiger partial charge in [-0.15, -0.1) is 0 Å². The largest absolute Gasteiger partial charge is 0.465 e. The van der Waals surface area contributed by atoms with E-state index in [9.17, 15) is 14.4 Å². The van der Waals surface area contributed by atoms with Crippen LogP contribution in [0.5, 0.6) is 0 Å². The van der Waals surface area contributed by atoms with Crippen LogP contribution in [0.15, 0.2) is 21.5 Å². The zero-order chi connectivity index (χ0) is 14.9. The molecule has 0 saturated heterocycles. The molecule has 1 aliphatic carbocycles. The van der Waals surface area contributed by atoms with Crippen LogP contribution in [-0.4, -0.2) is 29.2 Å². The van der Waals surface area contributed by atoms with Gasteiger partial charge in [-0.1, -0.05) is 0 Å². The second kappa shape index (κ2) is 5.40. The van der Waals surface area contributed by atoms with E-state index in [1.807, 2.05) is 0 Å². The third-order valence-electron chi connectivity index (χ3n) is 3.09. The van der Waals surface area contributed by atoms with E-state index >= 15 is 0 Å². The van der Waals surface area contributed by atoms with Crippen molar-refractivity contribution in [2.45, 2.75) is 31.9 Å². The summed E-state index contributed by atoms with van der Waals surface area (Å²) in [6.07, 6.45) is 2.83. The molecule has 0 atom stereocenters. The van der Waals surface area contributed by atoms with E-state index in [2.05, 4.69) is 20.7 Å². The van der Waals surface area contributed by atoms with E-state index in [0.29, 0.717) is 12.8 Å². The average Bonchev–Trinajstić information content (AvgIpc) is 3.12. The van der Waals surface area contributed by atoms with Gasteiger partial charge in [0.1, 0.15) is 5.60 Å². The van der Waals surface area contributed by atoms with Gasteiger partial charge in [-0.2, -0.15) is 0 Å². The second-order valence-corrected chi connectivity index (χ2v) is 5.63. The summed E-state index contributed by atoms with van der Waals surface area (Å²) in [5.41, 5.74) is -0.641. The lowest BCUT2D eigenvalue weighted by molar-refractivity contribution is -0.149. The lowest BCUT2D eigenvalue weighted by Gasteiger charge is -2.17. The fourth-order valence-electron chi connectivity index (χ4n) is 1.99. The Morgan fingerprint density at radius 2 is 2.10 bits per heavy atom. The predicted molar refractivity (Wildman–Crippen MR) is 73.5 cm³/mol. The van der Waals surface area contributed by atoms with Gasteiger partial charge in [-0.05, 0) is 34.8 Å². The maximum atomic E-state index is 12.0. The number of hydrogen-bond acceptors (Lipinski definition) is 5. The van der Waals surface area contributed by atoms with Gasteiger partial charge in [0.2, 0.25) is 0 Å². The first-order valence-electron chi connectivity index (χ1n) is 6.05. The Kier molecular flexibility index (Phi) is 3.99. The summed E-state index contributed by atoms with van der Waals surface area (Å²) in [4.78, 5) is 34.7. The monoisotopic (exact) mass is 343 g/mol. The zero-order valence-electron chi connectivity index (χ0n) is 11.1. The van der Waals surface area contributed by atoms with Crippen molar-refractivity contribution in [3.05, 3.63) is 32.7 Å². The van der Waals surface area contributed by atoms with Crippen LogP contribution in [0.3, 0.4) is 0 Å². The van der Waals surface area contributed by atoms with Crippen molar-refractivity contribution in [1.82, 2.24) is 4.57 Å². The van der Waals surface area contributed by atoms with Crippen molar-refractivity contribution < 1.29 is 19.1 Å². The van der Waals surface area contributed by atoms with Gasteiger partial charge in [-0.25, -0.2) is 4.79 Å². The third kappa shape index (κ3) is 3.09. The van der Waals surface area contributed by atoms with Gasteiger partial charge < -0.3 is 14.0 Å². The highest BCUT2D eigenvalue weighted by Crippen LogP contribution is 2.41. The van der Waals surface area contributed by atoms with Crippen molar-refractivity contribution in [2.75, 3.05) is 7.11 Å². The van der Waals surface area contributed by atoms with Gasteiger partial charge >= 0.3 is 11.9 Å². The van der Waals surface area contributed by atoms with Gasteiger partial charge in [0.15, 0.2) is 0 Å². The molecule has 1 saturated carbocycles. The molecule has 1 fully saturated rings. The van der Waals surface area contributed by atoms with Crippen LogP contribution in [-0.2, 0) is 20.8 Å². The SMILES string of the molecule is COC(=O)c1cc(Br)c(=O)n(CC2(OC(C)=O)CC2)c1. The molecule has 1 aromatic rings. The molecule has 0 N–H and O–H groups in total. The highest BCUT2D eigenvalue weighted by Gasteiger charge is 2.47. The number of carbonyl (C=O) groups is 2. The minimum atomic E-state index is -0.621. The number of carbonyl (C=O) groups excluding carboxylic acids is 2. The number of methoxy groups -OCH3 is 1. The molecule has 1 aromatic heterocycles. The smallest absolute Gasteiger partial charge is 0.339 e. The quantitative estimate of drug-likeness (QED) is 0.774. The molecule has 2 rings (SSSR count). The van der Waals surface area contributed by atoms with E-state index in [0.717, 1.165) is 0 Å². The maximum Gasteiger partial charge on any atom is 0.339 e. The summed E-state index contributed by atoms with van der Waals surface area (Å²) in [7, 11) is 1.27. The fraction of sp³-hybridized carbons (Fsp3) is 0.462. The van der Waals surface area contributed by atoms with E-state index in [4.69, 9.17) is 4.74 Å². The molecule has 6 nitrogen and oxygen atoms in total. The maximum absolute atomic E-state index is 12.0. The second-order valence-electron chi connectivity index (χ2n) is 4.78. The Balaban J connectivity index is 2.32. The van der Waals surface area contributed by atoms with Crippen LogP contribution in [0.1, 0.15) is 30.1 Å². The predicted octanol–water partition coefficient (Wildman–Crippen LogP) is 1.49. The first-order chi connectivity index (χ1) is 9.37. The highest BCUT2D eigenvalue weighted by atomic mass is 79.9. The molecule has 0 aliphatic heterocycles. The highest BCUT2D eigenvalue weighted by molar-refractivity contribution is 9.10. The van der Waals surface area contributed by atoms with Gasteiger partial charge in [0, 0.05) is 13.1 Å². The van der Waals surface area contributed by atoms with Crippen LogP contribution in [0, 0.1) is 0 Å². The van der Waals surface area contributed by atoms with E-state index in [1.165, 1.54) is 30.9 Å². The van der Waals surface area contributed by atoms with Crippen LogP contribution >= 0.6 is 15.9 Å². The summed E-state index contributed by atoms with van der Waals surface area (Å²) in [5.74, 6) is -0.907. The molecular formula is C13H14BrNO5. The van der Waals surface area contributed by atoms with Gasteiger partial charge in [0.25, 0.3) is 5.56 Å². The van der Waals surface area contributed by atoms with Gasteiger partial charge in [0.05, 0.1) is 23.7 Å². The summed E-state index contributed by atoms with van der Waals surface area (Å²) < 4.78 is 11.5. The molecule has 1 aliphatic rings. The number of ether oxygens (including phenoxy) is 2. The first-order valence-corrected chi connectivity index (χ1v) is 6.84. The Morgan fingerprint density at radius 1 is 1.45 bits per heavy atom. The average molecular weight is 344 g/mol. The molecule has 7 heteroatoms. The van der Waals surface area contributed by atoms with Crippen LogP contribution in [0.2, 0.25) is 0 Å². The van der Waals surface area contributed by atoms with Crippen LogP contribution in [0.4, 0.5) is 0 Å². The summed E-state index contributed by atoms with van der Waals surface area (Å²) >= 11 is 3.12. The molecule has 0 unspecified atom stereocenters. The summed E-state index contributed by atoms with van der Waals surface area (Å²) in [5, 5.41) is 0. The van der Waals surface area contributed by atoms with Crippen molar-refractivity contribution in [1.29, 1.82) is 0 Å². The molecule has 0 bridgehead atoms. The number of pyridine rings is 1. The number of aromatic nitrogens is 1. The molecule has 1 heterocycles. The number of hydrogen-bond donors (Lipinski definition) is 0. The number of esters is 2. The molecule has 108 valence electrons. The number of nitrogens with zero attached hydrogens (tertiary/aromatic N) is 1. The lowest BCUT2D eigenvalue weighted by Crippen LogP contribution is -2.31. The summed E-state index contributed by atoms with van der Waals surface area (Å²) in [6, 6.07) is 1.41. The lowest BCUT2D eigenvalue weighted by atomic mass is 10.2. The standard InChI is InChI=1S/C13H14BrNO5/c1-8(16)20-13(3-4-13)7-15-6-9(12(18)19-2)5-10(14)11(15)17/h5-6H,3-4,7H2,1-2H3. The molecule has 0 amide bonds. The number of halogens is 1. The Hall–Kier alpha value is -1.63. The van der Waals surface area contributed by atoms with Crippen molar-refractivity contribution >= 4 is 27.9 Å². The van der Waals surface area contributed by atoms with Crippen molar-refractivity contribution in [3.8, 4) is 0 Å². The zero-order valence-corrected chi connectivity index (χ0v) is 12.7. The summed E-state index contributed by atoms with van der Waals surface area (Å²) in [6.45, 7) is 1.57. The van der Waals surface area contributed by atoms with E-state index < -0.39 is 11.6 Å². The molecule has 0 radical (unpaired) electrons. The topological polar surface area (TPSA) is 74.6 Å². The molecular weight excluding hydrogens is 330 g/mol. The van der Waals surface area contributed by atoms with Crippen molar-refractivity contribution in [2.24, 2.45) is 0 Å². The third-order valence-corrected chi connectivity index (χ3v) is 3.66. The fourth-order valence-corrected chi connectivity index (χ4v) is 2.47. The first kappa shape index (κ1) is 14.8. The van der Waals surface area contributed by atoms with E-state index in [1.54, 1.807) is 0 Å². The Bertz CT molecular complexity index is 618. The van der Waals surface area contributed by atoms with Crippen molar-refractivity contribution in [3.63, 3.8) is 0 Å². The van der Waals surface area contributed by atoms with Crippen LogP contribution in [0.25, 0.3) is 0 Å². The molecule has 20 heavy (non-hydrogen) atoms. The Morgan fingerprint density at radius 3 is 2.60 bits per heavy atom. The molecule has 0 spiro atoms. The number of rotatable bonds is 4. The molecule has 0 aromatic carbocycles. The van der Waals surface area contributed by atoms with Gasteiger partial charge in [-0.3, -0.25) is 9.59 Å². The Labute approximate surface area is 123 Å². The normalized spacial score (nSPS) is 15.6. The van der Waals surface area contributed by atoms with E-state index in [-0.39, 0.29) is 28.1 Å². The minimum Gasteiger partial charge on any atom is -0.465 e.